The minimum Gasteiger partial charge on any atom is -0.493 e. The molecule has 3 aromatic rings. The van der Waals surface area contributed by atoms with Gasteiger partial charge in [-0.1, -0.05) is 36.4 Å². The Morgan fingerprint density at radius 1 is 0.935 bits per heavy atom. The smallest absolute Gasteiger partial charge is 0.213 e. The predicted octanol–water partition coefficient (Wildman–Crippen LogP) is 3.90. The van der Waals surface area contributed by atoms with E-state index in [2.05, 4.69) is 15.3 Å². The SMILES string of the molecule is COc1ccc(CN=C(N)NCc2ccnc(OCc3ccccc3)c2)cc1OC.I. The minimum absolute atomic E-state index is 0. The maximum atomic E-state index is 6.00. The molecule has 31 heavy (non-hydrogen) atoms. The molecule has 7 nitrogen and oxygen atoms in total. The summed E-state index contributed by atoms with van der Waals surface area (Å²) < 4.78 is 16.3. The van der Waals surface area contributed by atoms with Crippen molar-refractivity contribution in [3.63, 3.8) is 0 Å². The Labute approximate surface area is 199 Å². The minimum atomic E-state index is 0. The molecule has 0 unspecified atom stereocenters. The van der Waals surface area contributed by atoms with Gasteiger partial charge in [0.15, 0.2) is 17.5 Å². The molecular formula is C23H27IN4O3. The van der Waals surface area contributed by atoms with Gasteiger partial charge in [0.2, 0.25) is 5.88 Å². The highest BCUT2D eigenvalue weighted by atomic mass is 127. The number of nitrogens with two attached hydrogens (primary N) is 1. The first-order chi connectivity index (χ1) is 14.7. The van der Waals surface area contributed by atoms with E-state index in [4.69, 9.17) is 19.9 Å². The third-order valence-electron chi connectivity index (χ3n) is 4.38. The van der Waals surface area contributed by atoms with E-state index in [-0.39, 0.29) is 24.0 Å². The molecule has 0 fully saturated rings. The summed E-state index contributed by atoms with van der Waals surface area (Å²) in [7, 11) is 3.21. The van der Waals surface area contributed by atoms with Crippen LogP contribution in [0.3, 0.4) is 0 Å². The summed E-state index contributed by atoms with van der Waals surface area (Å²) in [6.07, 6.45) is 1.72. The summed E-state index contributed by atoms with van der Waals surface area (Å²) in [6.45, 7) is 1.42. The molecule has 0 amide bonds. The molecule has 0 saturated heterocycles. The van der Waals surface area contributed by atoms with Crippen molar-refractivity contribution in [2.45, 2.75) is 19.7 Å². The second kappa shape index (κ2) is 12.6. The van der Waals surface area contributed by atoms with Crippen molar-refractivity contribution in [1.82, 2.24) is 10.3 Å². The van der Waals surface area contributed by atoms with Gasteiger partial charge in [0.05, 0.1) is 20.8 Å². The van der Waals surface area contributed by atoms with Gasteiger partial charge < -0.3 is 25.3 Å². The zero-order chi connectivity index (χ0) is 21.2. The summed E-state index contributed by atoms with van der Waals surface area (Å²) in [5, 5.41) is 3.11. The topological polar surface area (TPSA) is 91.0 Å². The van der Waals surface area contributed by atoms with Gasteiger partial charge in [0.25, 0.3) is 0 Å². The van der Waals surface area contributed by atoms with Crippen LogP contribution in [0.1, 0.15) is 16.7 Å². The van der Waals surface area contributed by atoms with E-state index in [1.165, 1.54) is 0 Å². The first-order valence-corrected chi connectivity index (χ1v) is 9.54. The van der Waals surface area contributed by atoms with Crippen molar-refractivity contribution in [1.29, 1.82) is 0 Å². The van der Waals surface area contributed by atoms with Crippen LogP contribution in [0, 0.1) is 0 Å². The number of ether oxygens (including phenoxy) is 3. The third-order valence-corrected chi connectivity index (χ3v) is 4.38. The van der Waals surface area contributed by atoms with Crippen molar-refractivity contribution < 1.29 is 14.2 Å². The van der Waals surface area contributed by atoms with E-state index in [9.17, 15) is 0 Å². The molecule has 0 aliphatic heterocycles. The van der Waals surface area contributed by atoms with Crippen molar-refractivity contribution in [2.24, 2.45) is 10.7 Å². The Morgan fingerprint density at radius 3 is 2.45 bits per heavy atom. The van der Waals surface area contributed by atoms with E-state index in [1.54, 1.807) is 20.4 Å². The standard InChI is InChI=1S/C23H26N4O3.HI/c1-28-20-9-8-18(12-21(20)29-2)14-26-23(24)27-15-19-10-11-25-22(13-19)30-16-17-6-4-3-5-7-17;/h3-13H,14-16H2,1-2H3,(H3,24,26,27);1H. The van der Waals surface area contributed by atoms with Crippen molar-refractivity contribution in [3.05, 3.63) is 83.6 Å². The fourth-order valence-electron chi connectivity index (χ4n) is 2.77. The Balaban J connectivity index is 0.00000341. The van der Waals surface area contributed by atoms with Gasteiger partial charge in [-0.25, -0.2) is 9.98 Å². The number of pyridine rings is 1. The molecule has 1 heterocycles. The first kappa shape index (κ1) is 24.3. The second-order valence-electron chi connectivity index (χ2n) is 6.52. The number of benzene rings is 2. The van der Waals surface area contributed by atoms with Crippen molar-refractivity contribution in [2.75, 3.05) is 14.2 Å². The summed E-state index contributed by atoms with van der Waals surface area (Å²) >= 11 is 0. The molecule has 0 aliphatic carbocycles. The number of aliphatic imine (C=N–C) groups is 1. The number of nitrogens with zero attached hydrogens (tertiary/aromatic N) is 2. The summed E-state index contributed by atoms with van der Waals surface area (Å²) in [5.74, 6) is 2.27. The number of aromatic nitrogens is 1. The molecule has 3 N–H and O–H groups in total. The normalized spacial score (nSPS) is 10.7. The van der Waals surface area contributed by atoms with E-state index >= 15 is 0 Å². The van der Waals surface area contributed by atoms with E-state index in [0.717, 1.165) is 16.7 Å². The largest absolute Gasteiger partial charge is 0.493 e. The number of hydrogen-bond acceptors (Lipinski definition) is 5. The molecule has 2 aromatic carbocycles. The Morgan fingerprint density at radius 2 is 1.71 bits per heavy atom. The molecule has 0 aliphatic rings. The molecule has 0 spiro atoms. The molecular weight excluding hydrogens is 507 g/mol. The molecule has 0 bridgehead atoms. The number of hydrogen-bond donors (Lipinski definition) is 2. The second-order valence-corrected chi connectivity index (χ2v) is 6.52. The number of halogens is 1. The Hall–Kier alpha value is -3.01. The number of nitrogens with one attached hydrogen (secondary N) is 1. The van der Waals surface area contributed by atoms with E-state index in [1.807, 2.05) is 60.7 Å². The molecule has 0 saturated carbocycles. The quantitative estimate of drug-likeness (QED) is 0.246. The Bertz CT molecular complexity index is 984. The highest BCUT2D eigenvalue weighted by Crippen LogP contribution is 2.27. The third kappa shape index (κ3) is 7.63. The average Bonchev–Trinajstić information content (AvgIpc) is 2.80. The van der Waals surface area contributed by atoms with Gasteiger partial charge in [-0.2, -0.15) is 0 Å². The van der Waals surface area contributed by atoms with Crippen LogP contribution in [0.5, 0.6) is 17.4 Å². The molecule has 1 aromatic heterocycles. The van der Waals surface area contributed by atoms with Crippen molar-refractivity contribution >= 4 is 29.9 Å². The summed E-state index contributed by atoms with van der Waals surface area (Å²) in [4.78, 5) is 8.63. The van der Waals surface area contributed by atoms with Gasteiger partial charge in [-0.15, -0.1) is 24.0 Å². The molecule has 3 rings (SSSR count). The average molecular weight is 534 g/mol. The van der Waals surface area contributed by atoms with Crippen LogP contribution >= 0.6 is 24.0 Å². The van der Waals surface area contributed by atoms with Gasteiger partial charge in [0.1, 0.15) is 6.61 Å². The van der Waals surface area contributed by atoms with E-state index < -0.39 is 0 Å². The van der Waals surface area contributed by atoms with Gasteiger partial charge in [-0.05, 0) is 34.9 Å². The summed E-state index contributed by atoms with van der Waals surface area (Å²) in [6, 6.07) is 19.4. The zero-order valence-electron chi connectivity index (χ0n) is 17.6. The van der Waals surface area contributed by atoms with Crippen LogP contribution in [-0.4, -0.2) is 25.2 Å². The maximum Gasteiger partial charge on any atom is 0.213 e. The fourth-order valence-corrected chi connectivity index (χ4v) is 2.77. The van der Waals surface area contributed by atoms with Crippen LogP contribution in [-0.2, 0) is 19.7 Å². The predicted molar refractivity (Wildman–Crippen MR) is 132 cm³/mol. The zero-order valence-corrected chi connectivity index (χ0v) is 19.9. The lowest BCUT2D eigenvalue weighted by Crippen LogP contribution is -2.31. The highest BCUT2D eigenvalue weighted by Gasteiger charge is 2.05. The van der Waals surface area contributed by atoms with E-state index in [0.29, 0.717) is 43.0 Å². The lowest BCUT2D eigenvalue weighted by atomic mass is 10.2. The lowest BCUT2D eigenvalue weighted by Gasteiger charge is -2.10. The van der Waals surface area contributed by atoms with Gasteiger partial charge >= 0.3 is 0 Å². The van der Waals surface area contributed by atoms with Gasteiger partial charge in [0, 0.05) is 18.8 Å². The number of rotatable bonds is 9. The Kier molecular flexibility index (Phi) is 9.89. The van der Waals surface area contributed by atoms with Crippen LogP contribution in [0.25, 0.3) is 0 Å². The number of methoxy groups -OCH3 is 2. The molecule has 8 heteroatoms. The van der Waals surface area contributed by atoms with Crippen LogP contribution < -0.4 is 25.3 Å². The molecule has 0 radical (unpaired) electrons. The lowest BCUT2D eigenvalue weighted by molar-refractivity contribution is 0.293. The summed E-state index contributed by atoms with van der Waals surface area (Å²) in [5.41, 5.74) is 9.06. The molecule has 0 atom stereocenters. The van der Waals surface area contributed by atoms with Gasteiger partial charge in [-0.3, -0.25) is 0 Å². The fraction of sp³-hybridized carbons (Fsp3) is 0.217. The van der Waals surface area contributed by atoms with Crippen LogP contribution in [0.15, 0.2) is 71.9 Å². The molecule has 164 valence electrons. The number of guanidine groups is 1. The van der Waals surface area contributed by atoms with Crippen LogP contribution in [0.4, 0.5) is 0 Å². The van der Waals surface area contributed by atoms with Crippen molar-refractivity contribution in [3.8, 4) is 17.4 Å². The first-order valence-electron chi connectivity index (χ1n) is 9.54. The maximum absolute atomic E-state index is 6.00. The van der Waals surface area contributed by atoms with Crippen LogP contribution in [0.2, 0.25) is 0 Å². The highest BCUT2D eigenvalue weighted by molar-refractivity contribution is 14.0. The monoisotopic (exact) mass is 534 g/mol.